The van der Waals surface area contributed by atoms with Gasteiger partial charge in [-0.15, -0.1) is 0 Å². The van der Waals surface area contributed by atoms with Crippen LogP contribution in [-0.2, 0) is 47.7 Å². The minimum atomic E-state index is -1.07. The highest BCUT2D eigenvalue weighted by Crippen LogP contribution is 2.61. The molecule has 2 fully saturated rings. The first-order valence-electron chi connectivity index (χ1n) is 16.0. The first kappa shape index (κ1) is 35.6. The zero-order chi connectivity index (χ0) is 34.8. The average molecular weight is 651 g/mol. The Bertz CT molecular complexity index is 1490. The van der Waals surface area contributed by atoms with Crippen LogP contribution in [-0.4, -0.2) is 60.4 Å². The Labute approximate surface area is 276 Å². The van der Waals surface area contributed by atoms with E-state index in [1.54, 1.807) is 6.08 Å². The van der Waals surface area contributed by atoms with Gasteiger partial charge in [-0.1, -0.05) is 63.3 Å². The van der Waals surface area contributed by atoms with Gasteiger partial charge in [0.1, 0.15) is 30.5 Å². The van der Waals surface area contributed by atoms with Gasteiger partial charge in [-0.05, 0) is 41.5 Å². The van der Waals surface area contributed by atoms with Gasteiger partial charge in [-0.2, -0.15) is 0 Å². The number of carbonyl (C=O) groups excluding carboxylic acids is 5. The second-order valence-corrected chi connectivity index (χ2v) is 13.7. The van der Waals surface area contributed by atoms with Gasteiger partial charge in [0.15, 0.2) is 0 Å². The fraction of sp³-hybridized carbons (Fsp3) is 0.541. The lowest BCUT2D eigenvalue weighted by Gasteiger charge is -2.60. The Hall–Kier alpha value is -4.21. The van der Waals surface area contributed by atoms with E-state index in [-0.39, 0.29) is 12.8 Å². The zero-order valence-electron chi connectivity index (χ0n) is 28.5. The fourth-order valence-corrected chi connectivity index (χ4v) is 8.41. The van der Waals surface area contributed by atoms with Crippen molar-refractivity contribution in [1.82, 2.24) is 0 Å². The van der Waals surface area contributed by atoms with Crippen molar-refractivity contribution in [1.29, 1.82) is 0 Å². The Morgan fingerprint density at radius 1 is 0.809 bits per heavy atom. The first-order chi connectivity index (χ1) is 21.9. The summed E-state index contributed by atoms with van der Waals surface area (Å²) in [6.45, 7) is 17.4. The Morgan fingerprint density at radius 3 is 1.96 bits per heavy atom. The van der Waals surface area contributed by atoms with Gasteiger partial charge >= 0.3 is 29.8 Å². The molecular weight excluding hydrogens is 604 g/mol. The molecule has 3 aliphatic carbocycles. The Kier molecular flexibility index (Phi) is 10.5. The van der Waals surface area contributed by atoms with Gasteiger partial charge in [-0.3, -0.25) is 19.2 Å². The summed E-state index contributed by atoms with van der Waals surface area (Å²) in [5.74, 6) is -4.16. The van der Waals surface area contributed by atoms with Crippen LogP contribution in [0, 0.1) is 22.7 Å². The third-order valence-corrected chi connectivity index (χ3v) is 9.92. The van der Waals surface area contributed by atoms with Crippen LogP contribution in [0.15, 0.2) is 59.7 Å². The number of hydrogen-bond donors (Lipinski definition) is 0. The highest BCUT2D eigenvalue weighted by molar-refractivity contribution is 5.87. The summed E-state index contributed by atoms with van der Waals surface area (Å²) in [5.41, 5.74) is 1.10. The lowest BCUT2D eigenvalue weighted by atomic mass is 9.49. The third kappa shape index (κ3) is 7.52. The molecule has 3 aliphatic rings. The molecular formula is C37H46O10. The summed E-state index contributed by atoms with van der Waals surface area (Å²) in [6.07, 6.45) is -0.661. The summed E-state index contributed by atoms with van der Waals surface area (Å²) in [4.78, 5) is 63.7. The van der Waals surface area contributed by atoms with Crippen LogP contribution in [0.25, 0.3) is 6.08 Å². The molecule has 0 spiro atoms. The second-order valence-electron chi connectivity index (χ2n) is 13.7. The number of rotatable bonds is 7. The van der Waals surface area contributed by atoms with E-state index in [2.05, 4.69) is 6.58 Å². The lowest BCUT2D eigenvalue weighted by Crippen LogP contribution is -2.64. The molecule has 4 rings (SSSR count). The van der Waals surface area contributed by atoms with Crippen molar-refractivity contribution in [2.45, 2.75) is 105 Å². The van der Waals surface area contributed by atoms with Crippen LogP contribution < -0.4 is 0 Å². The number of carbonyl (C=O) groups is 5. The van der Waals surface area contributed by atoms with Crippen LogP contribution >= 0.6 is 0 Å². The summed E-state index contributed by atoms with van der Waals surface area (Å²) in [6, 6.07) is 9.27. The van der Waals surface area contributed by atoms with Crippen LogP contribution in [0.4, 0.5) is 0 Å². The molecule has 10 heteroatoms. The molecule has 0 saturated heterocycles. The number of benzene rings is 1. The summed E-state index contributed by atoms with van der Waals surface area (Å²) in [7, 11) is 0. The Balaban J connectivity index is 1.95. The van der Waals surface area contributed by atoms with E-state index in [1.807, 2.05) is 58.0 Å². The fourth-order valence-electron chi connectivity index (χ4n) is 8.41. The van der Waals surface area contributed by atoms with Crippen LogP contribution in [0.1, 0.15) is 80.2 Å². The monoisotopic (exact) mass is 650 g/mol. The van der Waals surface area contributed by atoms with Gasteiger partial charge in [0.05, 0.1) is 0 Å². The van der Waals surface area contributed by atoms with Gasteiger partial charge in [0.2, 0.25) is 0 Å². The van der Waals surface area contributed by atoms with E-state index in [4.69, 9.17) is 23.7 Å². The van der Waals surface area contributed by atoms with Gasteiger partial charge in [0.25, 0.3) is 0 Å². The molecule has 0 unspecified atom stereocenters. The summed E-state index contributed by atoms with van der Waals surface area (Å²) < 4.78 is 30.2. The summed E-state index contributed by atoms with van der Waals surface area (Å²) in [5, 5.41) is 0. The third-order valence-electron chi connectivity index (χ3n) is 9.92. The second kappa shape index (κ2) is 13.9. The standard InChI is InChI=1S/C37H46O10/c1-20-17-28(44-23(4)39)34-35(46-25(6)41)33-21(2)27(43-22(3)38)18-30(47-31(42)16-15-26-13-11-10-12-14-26)37(33,9)19-29(45-24(5)40)32(20)36(34,7)8/h10-16,27-30,33-35H,2,17-19H2,1,3-9H3/b16-15+/t27-,28-,29-,30-,33-,34-,35-,37+/m0/s1. The molecule has 10 nitrogen and oxygen atoms in total. The minimum absolute atomic E-state index is 0.0787. The number of ether oxygens (including phenoxy) is 5. The molecule has 0 heterocycles. The van der Waals surface area contributed by atoms with Crippen molar-refractivity contribution in [2.75, 3.05) is 0 Å². The van der Waals surface area contributed by atoms with Crippen molar-refractivity contribution in [3.8, 4) is 0 Å². The SMILES string of the molecule is C=C1[C@@H](OC(C)=O)C[C@H](OC(=O)/C=C/c2ccccc2)[C@@]2(C)C[C@H](OC(C)=O)C3=C(C)C[C@H](OC(C)=O)[C@@H]([C@@H](OC(C)=O)[C@H]12)C3(C)C. The molecule has 2 bridgehead atoms. The molecule has 0 N–H and O–H groups in total. The average Bonchev–Trinajstić information content (AvgIpc) is 2.92. The lowest BCUT2D eigenvalue weighted by molar-refractivity contribution is -0.203. The van der Waals surface area contributed by atoms with Gasteiger partial charge in [-0.25, -0.2) is 4.79 Å². The van der Waals surface area contributed by atoms with Crippen molar-refractivity contribution >= 4 is 35.9 Å². The molecule has 2 saturated carbocycles. The topological polar surface area (TPSA) is 132 Å². The van der Waals surface area contributed by atoms with Crippen molar-refractivity contribution in [2.24, 2.45) is 22.7 Å². The predicted molar refractivity (Wildman–Crippen MR) is 172 cm³/mol. The Morgan fingerprint density at radius 2 is 1.38 bits per heavy atom. The van der Waals surface area contributed by atoms with Crippen molar-refractivity contribution < 1.29 is 47.7 Å². The molecule has 47 heavy (non-hydrogen) atoms. The molecule has 254 valence electrons. The van der Waals surface area contributed by atoms with Gasteiger partial charge < -0.3 is 23.7 Å². The van der Waals surface area contributed by atoms with Gasteiger partial charge in [0, 0.05) is 63.9 Å². The number of hydrogen-bond acceptors (Lipinski definition) is 10. The minimum Gasteiger partial charge on any atom is -0.462 e. The molecule has 0 aliphatic heterocycles. The maximum atomic E-state index is 13.4. The molecule has 0 radical (unpaired) electrons. The quantitative estimate of drug-likeness (QED) is 0.157. The number of esters is 5. The normalized spacial score (nSPS) is 31.5. The van der Waals surface area contributed by atoms with E-state index < -0.39 is 83.0 Å². The number of fused-ring (bicyclic) bond motifs is 3. The predicted octanol–water partition coefficient (Wildman–Crippen LogP) is 5.69. The van der Waals surface area contributed by atoms with Crippen LogP contribution in [0.3, 0.4) is 0 Å². The van der Waals surface area contributed by atoms with Crippen LogP contribution in [0.2, 0.25) is 0 Å². The van der Waals surface area contributed by atoms with Crippen LogP contribution in [0.5, 0.6) is 0 Å². The molecule has 0 aromatic heterocycles. The first-order valence-corrected chi connectivity index (χ1v) is 16.0. The molecule has 1 aromatic rings. The highest BCUT2D eigenvalue weighted by atomic mass is 16.6. The molecule has 8 atom stereocenters. The molecule has 1 aromatic carbocycles. The largest absolute Gasteiger partial charge is 0.462 e. The zero-order valence-corrected chi connectivity index (χ0v) is 28.5. The van der Waals surface area contributed by atoms with E-state index >= 15 is 0 Å². The smallest absolute Gasteiger partial charge is 0.331 e. The summed E-state index contributed by atoms with van der Waals surface area (Å²) >= 11 is 0. The highest BCUT2D eigenvalue weighted by Gasteiger charge is 2.64. The van der Waals surface area contributed by atoms with Crippen molar-refractivity contribution in [3.05, 3.63) is 65.3 Å². The molecule has 0 amide bonds. The van der Waals surface area contributed by atoms with E-state index in [0.717, 1.165) is 16.7 Å². The maximum Gasteiger partial charge on any atom is 0.331 e. The van der Waals surface area contributed by atoms with E-state index in [1.165, 1.54) is 33.8 Å². The van der Waals surface area contributed by atoms with E-state index in [9.17, 15) is 24.0 Å². The van der Waals surface area contributed by atoms with E-state index in [0.29, 0.717) is 12.0 Å². The van der Waals surface area contributed by atoms with Crippen molar-refractivity contribution in [3.63, 3.8) is 0 Å². The maximum absolute atomic E-state index is 13.4.